The van der Waals surface area contributed by atoms with Gasteiger partial charge >= 0.3 is 0 Å². The van der Waals surface area contributed by atoms with Gasteiger partial charge in [0.2, 0.25) is 0 Å². The Balaban J connectivity index is 1.91. The highest BCUT2D eigenvalue weighted by Gasteiger charge is 2.31. The Hall–Kier alpha value is -0.900. The van der Waals surface area contributed by atoms with Gasteiger partial charge in [0.1, 0.15) is 11.6 Å². The van der Waals surface area contributed by atoms with Crippen molar-refractivity contribution in [3.63, 3.8) is 0 Å². The van der Waals surface area contributed by atoms with Crippen LogP contribution in [0.1, 0.15) is 75.0 Å². The summed E-state index contributed by atoms with van der Waals surface area (Å²) in [5.74, 6) is 2.68. The summed E-state index contributed by atoms with van der Waals surface area (Å²) in [4.78, 5) is 0. The smallest absolute Gasteiger partial charge is 0.137 e. The van der Waals surface area contributed by atoms with Crippen LogP contribution >= 0.6 is 0 Å². The average molecular weight is 248 g/mol. The van der Waals surface area contributed by atoms with Crippen LogP contribution in [-0.2, 0) is 0 Å². The maximum Gasteiger partial charge on any atom is 0.137 e. The highest BCUT2D eigenvalue weighted by atomic mass is 15.3. The van der Waals surface area contributed by atoms with Gasteiger partial charge < -0.3 is 10.3 Å². The Labute approximate surface area is 109 Å². The zero-order valence-corrected chi connectivity index (χ0v) is 11.3. The second kappa shape index (κ2) is 5.00. The van der Waals surface area contributed by atoms with Crippen molar-refractivity contribution in [1.29, 1.82) is 0 Å². The van der Waals surface area contributed by atoms with E-state index >= 15 is 0 Å². The van der Waals surface area contributed by atoms with Gasteiger partial charge in [-0.25, -0.2) is 0 Å². The predicted octanol–water partition coefficient (Wildman–Crippen LogP) is 2.69. The van der Waals surface area contributed by atoms with Crippen molar-refractivity contribution < 1.29 is 0 Å². The van der Waals surface area contributed by atoms with Gasteiger partial charge in [-0.15, -0.1) is 10.2 Å². The molecule has 1 aromatic heterocycles. The third kappa shape index (κ3) is 2.07. The summed E-state index contributed by atoms with van der Waals surface area (Å²) in [7, 11) is 0. The molecule has 100 valence electrons. The number of nitrogens with zero attached hydrogens (tertiary/aromatic N) is 3. The number of hydrogen-bond donors (Lipinski definition) is 1. The first-order valence-electron chi connectivity index (χ1n) is 7.44. The lowest BCUT2D eigenvalue weighted by atomic mass is 9.84. The lowest BCUT2D eigenvalue weighted by molar-refractivity contribution is 0.351. The molecule has 1 aromatic rings. The summed E-state index contributed by atoms with van der Waals surface area (Å²) in [6.45, 7) is 2.09. The zero-order chi connectivity index (χ0) is 12.5. The highest BCUT2D eigenvalue weighted by Crippen LogP contribution is 2.36. The molecular formula is C14H24N4. The summed E-state index contributed by atoms with van der Waals surface area (Å²) in [5.41, 5.74) is 6.31. The number of aromatic nitrogens is 3. The van der Waals surface area contributed by atoms with Crippen LogP contribution in [0.2, 0.25) is 0 Å². The lowest BCUT2D eigenvalue weighted by Crippen LogP contribution is -2.33. The Morgan fingerprint density at radius 3 is 2.39 bits per heavy atom. The minimum atomic E-state index is 0.280. The Bertz CT molecular complexity index is 406. The molecule has 2 N–H and O–H groups in total. The number of rotatable bonds is 2. The molecule has 18 heavy (non-hydrogen) atoms. The van der Waals surface area contributed by atoms with Crippen molar-refractivity contribution in [2.24, 2.45) is 5.73 Å². The van der Waals surface area contributed by atoms with E-state index in [0.29, 0.717) is 12.0 Å². The van der Waals surface area contributed by atoms with Crippen LogP contribution in [-0.4, -0.2) is 20.8 Å². The molecule has 0 spiro atoms. The maximum absolute atomic E-state index is 6.31. The molecule has 2 aliphatic carbocycles. The number of nitrogens with two attached hydrogens (primary N) is 1. The third-order valence-electron chi connectivity index (χ3n) is 4.73. The lowest BCUT2D eigenvalue weighted by Gasteiger charge is -2.29. The standard InChI is InChI=1S/C14H24N4/c1-10-16-17-14(12-8-4-5-9-13(12)15)18(10)11-6-2-3-7-11/h11-13H,2-9,15H2,1H3. The normalized spacial score (nSPS) is 29.9. The fourth-order valence-corrected chi connectivity index (χ4v) is 3.73. The van der Waals surface area contributed by atoms with Gasteiger partial charge in [-0.1, -0.05) is 25.7 Å². The minimum absolute atomic E-state index is 0.280. The van der Waals surface area contributed by atoms with Crippen molar-refractivity contribution in [1.82, 2.24) is 14.8 Å². The SMILES string of the molecule is Cc1nnc(C2CCCCC2N)n1C1CCCC1. The predicted molar refractivity (Wildman–Crippen MR) is 71.4 cm³/mol. The zero-order valence-electron chi connectivity index (χ0n) is 11.3. The van der Waals surface area contributed by atoms with Gasteiger partial charge in [-0.3, -0.25) is 0 Å². The van der Waals surface area contributed by atoms with E-state index in [0.717, 1.165) is 12.2 Å². The molecule has 0 saturated heterocycles. The van der Waals surface area contributed by atoms with Crippen LogP contribution in [0, 0.1) is 6.92 Å². The fourth-order valence-electron chi connectivity index (χ4n) is 3.73. The second-order valence-electron chi connectivity index (χ2n) is 5.97. The molecule has 0 aliphatic heterocycles. The highest BCUT2D eigenvalue weighted by molar-refractivity contribution is 5.08. The molecule has 4 heteroatoms. The summed E-state index contributed by atoms with van der Waals surface area (Å²) in [5, 5.41) is 8.80. The Morgan fingerprint density at radius 2 is 1.67 bits per heavy atom. The van der Waals surface area contributed by atoms with Crippen molar-refractivity contribution in [2.45, 2.75) is 76.3 Å². The van der Waals surface area contributed by atoms with E-state index < -0.39 is 0 Å². The molecule has 1 heterocycles. The summed E-state index contributed by atoms with van der Waals surface area (Å²) < 4.78 is 2.41. The molecule has 2 fully saturated rings. The first-order valence-corrected chi connectivity index (χ1v) is 7.44. The quantitative estimate of drug-likeness (QED) is 0.875. The van der Waals surface area contributed by atoms with E-state index in [1.807, 2.05) is 0 Å². The molecular weight excluding hydrogens is 224 g/mol. The van der Waals surface area contributed by atoms with Crippen molar-refractivity contribution >= 4 is 0 Å². The van der Waals surface area contributed by atoms with Crippen LogP contribution in [0.25, 0.3) is 0 Å². The van der Waals surface area contributed by atoms with Crippen LogP contribution in [0.15, 0.2) is 0 Å². The van der Waals surface area contributed by atoms with Crippen LogP contribution < -0.4 is 5.73 Å². The van der Waals surface area contributed by atoms with Crippen LogP contribution in [0.3, 0.4) is 0 Å². The monoisotopic (exact) mass is 248 g/mol. The van der Waals surface area contributed by atoms with E-state index in [1.165, 1.54) is 50.8 Å². The third-order valence-corrected chi connectivity index (χ3v) is 4.73. The molecule has 0 bridgehead atoms. The van der Waals surface area contributed by atoms with E-state index in [-0.39, 0.29) is 6.04 Å². The first kappa shape index (κ1) is 12.2. The molecule has 3 rings (SSSR count). The molecule has 2 saturated carbocycles. The summed E-state index contributed by atoms with van der Waals surface area (Å²) in [6, 6.07) is 0.909. The molecule has 0 radical (unpaired) electrons. The van der Waals surface area contributed by atoms with Gasteiger partial charge in [0.25, 0.3) is 0 Å². The minimum Gasteiger partial charge on any atom is -0.327 e. The maximum atomic E-state index is 6.31. The van der Waals surface area contributed by atoms with Crippen LogP contribution in [0.5, 0.6) is 0 Å². The molecule has 0 aromatic carbocycles. The molecule has 2 unspecified atom stereocenters. The topological polar surface area (TPSA) is 56.7 Å². The molecule has 4 nitrogen and oxygen atoms in total. The van der Waals surface area contributed by atoms with Crippen LogP contribution in [0.4, 0.5) is 0 Å². The molecule has 2 atom stereocenters. The van der Waals surface area contributed by atoms with Gasteiger partial charge in [-0.2, -0.15) is 0 Å². The molecule has 2 aliphatic rings. The summed E-state index contributed by atoms with van der Waals surface area (Å²) in [6.07, 6.45) is 10.1. The van der Waals surface area contributed by atoms with Crippen molar-refractivity contribution in [2.75, 3.05) is 0 Å². The van der Waals surface area contributed by atoms with Crippen molar-refractivity contribution in [3.8, 4) is 0 Å². The Kier molecular flexibility index (Phi) is 3.37. The van der Waals surface area contributed by atoms with Gasteiger partial charge in [0.05, 0.1) is 0 Å². The van der Waals surface area contributed by atoms with E-state index in [4.69, 9.17) is 5.73 Å². The molecule has 0 amide bonds. The average Bonchev–Trinajstić information content (AvgIpc) is 2.98. The van der Waals surface area contributed by atoms with Gasteiger partial charge in [-0.05, 0) is 32.6 Å². The van der Waals surface area contributed by atoms with Gasteiger partial charge in [0, 0.05) is 18.0 Å². The number of aryl methyl sites for hydroxylation is 1. The van der Waals surface area contributed by atoms with E-state index in [9.17, 15) is 0 Å². The second-order valence-corrected chi connectivity index (χ2v) is 5.97. The fraction of sp³-hybridized carbons (Fsp3) is 0.857. The number of hydrogen-bond acceptors (Lipinski definition) is 3. The van der Waals surface area contributed by atoms with E-state index in [1.54, 1.807) is 0 Å². The first-order chi connectivity index (χ1) is 8.77. The van der Waals surface area contributed by atoms with E-state index in [2.05, 4.69) is 21.7 Å². The summed E-state index contributed by atoms with van der Waals surface area (Å²) >= 11 is 0. The van der Waals surface area contributed by atoms with Crippen molar-refractivity contribution in [3.05, 3.63) is 11.6 Å². The Morgan fingerprint density at radius 1 is 1.00 bits per heavy atom. The largest absolute Gasteiger partial charge is 0.327 e. The van der Waals surface area contributed by atoms with Gasteiger partial charge in [0.15, 0.2) is 0 Å².